The molecule has 0 fully saturated rings. The highest BCUT2D eigenvalue weighted by atomic mass is 16.6. The fourth-order valence-electron chi connectivity index (χ4n) is 2.41. The van der Waals surface area contributed by atoms with Crippen molar-refractivity contribution in [1.29, 1.82) is 0 Å². The van der Waals surface area contributed by atoms with E-state index in [0.29, 0.717) is 17.2 Å². The number of carbonyl (C=O) groups is 2. The normalized spacial score (nSPS) is 16.6. The van der Waals surface area contributed by atoms with Gasteiger partial charge < -0.3 is 19.5 Å². The zero-order chi connectivity index (χ0) is 17.8. The van der Waals surface area contributed by atoms with E-state index in [1.807, 2.05) is 31.2 Å². The monoisotopic (exact) mass is 341 g/mol. The zero-order valence-corrected chi connectivity index (χ0v) is 14.0. The number of esters is 1. The van der Waals surface area contributed by atoms with Crippen molar-refractivity contribution in [1.82, 2.24) is 0 Å². The minimum absolute atomic E-state index is 0.0437. The van der Waals surface area contributed by atoms with E-state index in [2.05, 4.69) is 5.32 Å². The van der Waals surface area contributed by atoms with Crippen molar-refractivity contribution >= 4 is 17.6 Å². The van der Waals surface area contributed by atoms with Gasteiger partial charge in [0.25, 0.3) is 5.91 Å². The van der Waals surface area contributed by atoms with Crippen LogP contribution in [0.1, 0.15) is 12.5 Å². The minimum atomic E-state index is -0.950. The third-order valence-electron chi connectivity index (χ3n) is 3.72. The number of benzene rings is 2. The molecule has 0 aromatic heterocycles. The number of amides is 1. The Hall–Kier alpha value is -3.02. The maximum Gasteiger partial charge on any atom is 0.351 e. The van der Waals surface area contributed by atoms with Crippen LogP contribution >= 0.6 is 0 Å². The average Bonchev–Trinajstić information content (AvgIpc) is 2.61. The molecule has 0 aliphatic carbocycles. The van der Waals surface area contributed by atoms with Gasteiger partial charge in [0.2, 0.25) is 6.10 Å². The summed E-state index contributed by atoms with van der Waals surface area (Å²) in [5, 5.41) is 2.72. The van der Waals surface area contributed by atoms with Gasteiger partial charge in [-0.05, 0) is 43.7 Å². The van der Waals surface area contributed by atoms with Crippen LogP contribution in [0, 0.1) is 6.92 Å². The van der Waals surface area contributed by atoms with Gasteiger partial charge in [0, 0.05) is 5.69 Å². The smallest absolute Gasteiger partial charge is 0.351 e. The van der Waals surface area contributed by atoms with Gasteiger partial charge in [0.1, 0.15) is 6.61 Å². The molecule has 2 atom stereocenters. The Balaban J connectivity index is 1.56. The van der Waals surface area contributed by atoms with Crippen LogP contribution in [0.2, 0.25) is 0 Å². The molecule has 1 heterocycles. The first-order chi connectivity index (χ1) is 12.0. The molecule has 0 spiro atoms. The lowest BCUT2D eigenvalue weighted by molar-refractivity contribution is -0.162. The highest BCUT2D eigenvalue weighted by molar-refractivity contribution is 5.95. The van der Waals surface area contributed by atoms with Gasteiger partial charge in [-0.25, -0.2) is 4.79 Å². The Morgan fingerprint density at radius 2 is 1.92 bits per heavy atom. The van der Waals surface area contributed by atoms with Crippen molar-refractivity contribution in [2.45, 2.75) is 26.1 Å². The van der Waals surface area contributed by atoms with Gasteiger partial charge in [0.05, 0.1) is 0 Å². The molecule has 0 saturated carbocycles. The molecular formula is C19H19NO5. The highest BCUT2D eigenvalue weighted by Gasteiger charge is 2.31. The van der Waals surface area contributed by atoms with Gasteiger partial charge in [-0.3, -0.25) is 4.79 Å². The van der Waals surface area contributed by atoms with Crippen molar-refractivity contribution in [3.05, 3.63) is 54.1 Å². The van der Waals surface area contributed by atoms with Crippen LogP contribution in [0.15, 0.2) is 48.5 Å². The molecule has 1 aliphatic rings. The second-order valence-electron chi connectivity index (χ2n) is 5.80. The molecule has 6 heteroatoms. The second kappa shape index (κ2) is 7.25. The van der Waals surface area contributed by atoms with Crippen LogP contribution in [0.25, 0.3) is 0 Å². The van der Waals surface area contributed by atoms with Crippen molar-refractivity contribution in [2.75, 3.05) is 11.9 Å². The Kier molecular flexibility index (Phi) is 4.88. The summed E-state index contributed by atoms with van der Waals surface area (Å²) in [5.41, 5.74) is 1.67. The average molecular weight is 341 g/mol. The number of hydrogen-bond acceptors (Lipinski definition) is 5. The number of aryl methyl sites for hydroxylation is 1. The maximum absolute atomic E-state index is 12.2. The third kappa shape index (κ3) is 4.09. The van der Waals surface area contributed by atoms with Crippen molar-refractivity contribution in [3.8, 4) is 11.5 Å². The summed E-state index contributed by atoms with van der Waals surface area (Å²) in [6, 6.07) is 14.4. The molecule has 0 unspecified atom stereocenters. The lowest BCUT2D eigenvalue weighted by Gasteiger charge is -2.25. The Labute approximate surface area is 145 Å². The van der Waals surface area contributed by atoms with Crippen LogP contribution in [-0.2, 0) is 14.3 Å². The van der Waals surface area contributed by atoms with E-state index in [1.54, 1.807) is 24.3 Å². The topological polar surface area (TPSA) is 73.9 Å². The second-order valence-corrected chi connectivity index (χ2v) is 5.80. The molecule has 0 radical (unpaired) electrons. The number of hydrogen-bond donors (Lipinski definition) is 1. The fraction of sp³-hybridized carbons (Fsp3) is 0.263. The molecule has 0 bridgehead atoms. The summed E-state index contributed by atoms with van der Waals surface area (Å²) in [6.45, 7) is 3.49. The molecular weight excluding hydrogens is 322 g/mol. The summed E-state index contributed by atoms with van der Waals surface area (Å²) in [6.07, 6.45) is -1.85. The fourth-order valence-corrected chi connectivity index (χ4v) is 2.41. The number of ether oxygens (including phenoxy) is 3. The number of nitrogens with one attached hydrogen (secondary N) is 1. The molecule has 1 aliphatic heterocycles. The first-order valence-electron chi connectivity index (χ1n) is 7.99. The van der Waals surface area contributed by atoms with Gasteiger partial charge in [-0.2, -0.15) is 0 Å². The first-order valence-corrected chi connectivity index (χ1v) is 7.99. The van der Waals surface area contributed by atoms with Crippen LogP contribution in [0.5, 0.6) is 11.5 Å². The molecule has 3 rings (SSSR count). The van der Waals surface area contributed by atoms with Crippen molar-refractivity contribution < 1.29 is 23.8 Å². The van der Waals surface area contributed by atoms with Gasteiger partial charge in [-0.1, -0.05) is 24.3 Å². The number of carbonyl (C=O) groups excluding carboxylic acids is 2. The number of fused-ring (bicyclic) bond motifs is 1. The summed E-state index contributed by atoms with van der Waals surface area (Å²) >= 11 is 0. The minimum Gasteiger partial charge on any atom is -0.485 e. The Morgan fingerprint density at radius 3 is 2.68 bits per heavy atom. The van der Waals surface area contributed by atoms with Crippen LogP contribution in [-0.4, -0.2) is 30.7 Å². The number of para-hydroxylation sites is 2. The van der Waals surface area contributed by atoms with Crippen LogP contribution in [0.4, 0.5) is 5.69 Å². The van der Waals surface area contributed by atoms with E-state index in [9.17, 15) is 9.59 Å². The predicted molar refractivity (Wildman–Crippen MR) is 91.7 cm³/mol. The number of rotatable bonds is 4. The highest BCUT2D eigenvalue weighted by Crippen LogP contribution is 2.31. The summed E-state index contributed by atoms with van der Waals surface area (Å²) in [7, 11) is 0. The third-order valence-corrected chi connectivity index (χ3v) is 3.72. The largest absolute Gasteiger partial charge is 0.485 e. The quantitative estimate of drug-likeness (QED) is 0.866. The van der Waals surface area contributed by atoms with E-state index < -0.39 is 24.1 Å². The van der Waals surface area contributed by atoms with Gasteiger partial charge >= 0.3 is 5.97 Å². The van der Waals surface area contributed by atoms with Gasteiger partial charge in [-0.15, -0.1) is 0 Å². The molecule has 2 aromatic carbocycles. The van der Waals surface area contributed by atoms with Crippen LogP contribution in [0.3, 0.4) is 0 Å². The van der Waals surface area contributed by atoms with Crippen LogP contribution < -0.4 is 14.8 Å². The van der Waals surface area contributed by atoms with E-state index in [-0.39, 0.29) is 6.61 Å². The molecule has 6 nitrogen and oxygen atoms in total. The lowest BCUT2D eigenvalue weighted by Crippen LogP contribution is -2.41. The summed E-state index contributed by atoms with van der Waals surface area (Å²) in [4.78, 5) is 24.4. The van der Waals surface area contributed by atoms with Gasteiger partial charge in [0.15, 0.2) is 17.6 Å². The van der Waals surface area contributed by atoms with E-state index in [0.717, 1.165) is 5.56 Å². The van der Waals surface area contributed by atoms with E-state index in [1.165, 1.54) is 6.92 Å². The summed E-state index contributed by atoms with van der Waals surface area (Å²) < 4.78 is 16.3. The molecule has 25 heavy (non-hydrogen) atoms. The number of anilines is 1. The maximum atomic E-state index is 12.2. The molecule has 1 N–H and O–H groups in total. The van der Waals surface area contributed by atoms with Crippen molar-refractivity contribution in [2.24, 2.45) is 0 Å². The molecule has 2 aromatic rings. The lowest BCUT2D eigenvalue weighted by atomic mass is 10.2. The molecule has 130 valence electrons. The molecule has 1 amide bonds. The molecule has 0 saturated heterocycles. The van der Waals surface area contributed by atoms with Crippen molar-refractivity contribution in [3.63, 3.8) is 0 Å². The zero-order valence-electron chi connectivity index (χ0n) is 14.0. The SMILES string of the molecule is Cc1cccc(NC(=O)[C@H](C)OC(=O)[C@H]2COc3ccccc3O2)c1. The first kappa shape index (κ1) is 16.8. The summed E-state index contributed by atoms with van der Waals surface area (Å²) in [5.74, 6) is 0.0156. The standard InChI is InChI=1S/C19H19NO5/c1-12-6-5-7-14(10-12)20-18(21)13(2)24-19(22)17-11-23-15-8-3-4-9-16(15)25-17/h3-10,13,17H,11H2,1-2H3,(H,20,21)/t13-,17+/m0/s1. The predicted octanol–water partition coefficient (Wildman–Crippen LogP) is 2.71. The Bertz CT molecular complexity index is 789. The van der Waals surface area contributed by atoms with E-state index in [4.69, 9.17) is 14.2 Å². The van der Waals surface area contributed by atoms with E-state index >= 15 is 0 Å². The Morgan fingerprint density at radius 1 is 1.16 bits per heavy atom.